The second-order valence-electron chi connectivity index (χ2n) is 8.80. The van der Waals surface area contributed by atoms with E-state index in [1.54, 1.807) is 12.1 Å². The van der Waals surface area contributed by atoms with Gasteiger partial charge >= 0.3 is 0 Å². The van der Waals surface area contributed by atoms with E-state index in [1.165, 1.54) is 12.1 Å². The van der Waals surface area contributed by atoms with Crippen LogP contribution in [0.2, 0.25) is 0 Å². The molecule has 28 heavy (non-hydrogen) atoms. The largest absolute Gasteiger partial charge is 0.339 e. The number of carbonyl (C=O) groups excluding carboxylic acids is 1. The topological polar surface area (TPSA) is 48.8 Å². The molecule has 3 aliphatic heterocycles. The van der Waals surface area contributed by atoms with Gasteiger partial charge in [0.15, 0.2) is 0 Å². The smallest absolute Gasteiger partial charge is 0.250 e. The fourth-order valence-electron chi connectivity index (χ4n) is 5.13. The van der Waals surface area contributed by atoms with Crippen molar-refractivity contribution in [2.75, 3.05) is 46.8 Å². The van der Waals surface area contributed by atoms with Gasteiger partial charge in [0.05, 0.1) is 0 Å². The SMILES string of the molecule is CN1CCC(N(C)C(=O)C=CCN2CC3CC(C2)c2cccc(=O)n2C3)CC1. The normalized spacial score (nSPS) is 26.4. The van der Waals surface area contributed by atoms with Gasteiger partial charge in [0.2, 0.25) is 5.91 Å². The summed E-state index contributed by atoms with van der Waals surface area (Å²) < 4.78 is 1.96. The molecule has 0 radical (unpaired) electrons. The molecule has 6 nitrogen and oxygen atoms in total. The molecular formula is C22H32N4O2. The number of pyridine rings is 1. The molecule has 1 aromatic rings. The first-order chi connectivity index (χ1) is 13.5. The molecule has 0 aliphatic carbocycles. The molecule has 0 N–H and O–H groups in total. The number of fused-ring (bicyclic) bond motifs is 4. The summed E-state index contributed by atoms with van der Waals surface area (Å²) in [6.45, 7) is 5.71. The van der Waals surface area contributed by atoms with Crippen LogP contribution in [-0.2, 0) is 11.3 Å². The second-order valence-corrected chi connectivity index (χ2v) is 8.80. The van der Waals surface area contributed by atoms with Crippen molar-refractivity contribution < 1.29 is 4.79 Å². The van der Waals surface area contributed by atoms with E-state index in [9.17, 15) is 9.59 Å². The molecule has 0 spiro atoms. The standard InChI is InChI=1S/C22H32N4O2/c1-23-11-8-19(9-12-23)24(2)21(27)7-4-10-25-14-17-13-18(16-25)20-5-3-6-22(28)26(20)15-17/h3-7,17-19H,8-16H2,1-2H3. The Morgan fingerprint density at radius 3 is 2.79 bits per heavy atom. The molecular weight excluding hydrogens is 352 g/mol. The van der Waals surface area contributed by atoms with E-state index in [0.717, 1.165) is 52.1 Å². The zero-order valence-electron chi connectivity index (χ0n) is 17.1. The molecule has 1 aromatic heterocycles. The first-order valence-electron chi connectivity index (χ1n) is 10.5. The lowest BCUT2D eigenvalue weighted by atomic mass is 9.83. The molecule has 2 saturated heterocycles. The summed E-state index contributed by atoms with van der Waals surface area (Å²) >= 11 is 0. The van der Waals surface area contributed by atoms with Crippen molar-refractivity contribution >= 4 is 5.91 Å². The number of hydrogen-bond acceptors (Lipinski definition) is 4. The molecule has 0 aromatic carbocycles. The van der Waals surface area contributed by atoms with E-state index < -0.39 is 0 Å². The van der Waals surface area contributed by atoms with Crippen LogP contribution in [0.5, 0.6) is 0 Å². The fraction of sp³-hybridized carbons (Fsp3) is 0.636. The molecule has 4 heterocycles. The van der Waals surface area contributed by atoms with Crippen molar-refractivity contribution in [3.63, 3.8) is 0 Å². The molecule has 152 valence electrons. The van der Waals surface area contributed by atoms with Crippen LogP contribution in [0.4, 0.5) is 0 Å². The minimum atomic E-state index is 0.114. The third kappa shape index (κ3) is 4.08. The minimum Gasteiger partial charge on any atom is -0.339 e. The Morgan fingerprint density at radius 1 is 1.21 bits per heavy atom. The van der Waals surface area contributed by atoms with Crippen LogP contribution in [0, 0.1) is 5.92 Å². The predicted octanol–water partition coefficient (Wildman–Crippen LogP) is 1.38. The number of carbonyl (C=O) groups is 1. The van der Waals surface area contributed by atoms with Gasteiger partial charge in [0.1, 0.15) is 0 Å². The maximum atomic E-state index is 12.5. The summed E-state index contributed by atoms with van der Waals surface area (Å²) in [7, 11) is 4.07. The van der Waals surface area contributed by atoms with Crippen LogP contribution in [0.3, 0.4) is 0 Å². The number of likely N-dealkylation sites (tertiary alicyclic amines) is 2. The molecule has 3 aliphatic rings. The molecule has 2 fully saturated rings. The minimum absolute atomic E-state index is 0.114. The van der Waals surface area contributed by atoms with Gasteiger partial charge < -0.3 is 14.4 Å². The van der Waals surface area contributed by atoms with Crippen LogP contribution < -0.4 is 5.56 Å². The number of amides is 1. The first-order valence-corrected chi connectivity index (χ1v) is 10.5. The summed E-state index contributed by atoms with van der Waals surface area (Å²) in [6.07, 6.45) is 7.05. The van der Waals surface area contributed by atoms with Gasteiger partial charge in [0.25, 0.3) is 5.56 Å². The first kappa shape index (κ1) is 19.4. The van der Waals surface area contributed by atoms with Gasteiger partial charge in [0, 0.05) is 63.0 Å². The van der Waals surface area contributed by atoms with Crippen molar-refractivity contribution in [2.45, 2.75) is 37.8 Å². The lowest BCUT2D eigenvalue weighted by molar-refractivity contribution is -0.127. The monoisotopic (exact) mass is 384 g/mol. The quantitative estimate of drug-likeness (QED) is 0.736. The van der Waals surface area contributed by atoms with Crippen molar-refractivity contribution in [3.8, 4) is 0 Å². The van der Waals surface area contributed by atoms with Gasteiger partial charge in [-0.05, 0) is 51.4 Å². The van der Waals surface area contributed by atoms with E-state index in [0.29, 0.717) is 17.9 Å². The van der Waals surface area contributed by atoms with E-state index in [4.69, 9.17) is 0 Å². The van der Waals surface area contributed by atoms with Crippen LogP contribution in [-0.4, -0.2) is 78.0 Å². The third-order valence-corrected chi connectivity index (χ3v) is 6.76. The summed E-state index contributed by atoms with van der Waals surface area (Å²) in [5, 5.41) is 0. The average molecular weight is 385 g/mol. The maximum Gasteiger partial charge on any atom is 0.250 e. The second kappa shape index (κ2) is 8.21. The third-order valence-electron chi connectivity index (χ3n) is 6.76. The van der Waals surface area contributed by atoms with E-state index >= 15 is 0 Å². The molecule has 0 saturated carbocycles. The summed E-state index contributed by atoms with van der Waals surface area (Å²) in [6, 6.07) is 6.00. The van der Waals surface area contributed by atoms with Crippen LogP contribution in [0.15, 0.2) is 35.1 Å². The Hall–Kier alpha value is -1.92. The van der Waals surface area contributed by atoms with E-state index in [1.807, 2.05) is 28.7 Å². The number of rotatable bonds is 4. The molecule has 4 rings (SSSR count). The number of likely N-dealkylation sites (N-methyl/N-ethyl adjacent to an activating group) is 1. The molecule has 6 heteroatoms. The Kier molecular flexibility index (Phi) is 5.69. The fourth-order valence-corrected chi connectivity index (χ4v) is 5.13. The van der Waals surface area contributed by atoms with E-state index in [-0.39, 0.29) is 11.5 Å². The molecule has 2 bridgehead atoms. The lowest BCUT2D eigenvalue weighted by Gasteiger charge is -2.42. The van der Waals surface area contributed by atoms with Crippen LogP contribution in [0.1, 0.15) is 30.9 Å². The number of hydrogen-bond donors (Lipinski definition) is 0. The molecule has 2 unspecified atom stereocenters. The highest BCUT2D eigenvalue weighted by Crippen LogP contribution is 2.34. The van der Waals surface area contributed by atoms with Crippen molar-refractivity contribution in [1.29, 1.82) is 0 Å². The Labute approximate surface area is 167 Å². The van der Waals surface area contributed by atoms with Gasteiger partial charge in [-0.2, -0.15) is 0 Å². The van der Waals surface area contributed by atoms with Crippen molar-refractivity contribution in [3.05, 3.63) is 46.4 Å². The lowest BCUT2D eigenvalue weighted by Crippen LogP contribution is -2.47. The average Bonchev–Trinajstić information content (AvgIpc) is 2.69. The number of aromatic nitrogens is 1. The number of nitrogens with zero attached hydrogens (tertiary/aromatic N) is 4. The van der Waals surface area contributed by atoms with E-state index in [2.05, 4.69) is 22.9 Å². The highest BCUT2D eigenvalue weighted by Gasteiger charge is 2.34. The predicted molar refractivity (Wildman–Crippen MR) is 110 cm³/mol. The zero-order valence-corrected chi connectivity index (χ0v) is 17.1. The Balaban J connectivity index is 1.32. The molecule has 1 amide bonds. The summed E-state index contributed by atoms with van der Waals surface area (Å²) in [4.78, 5) is 31.3. The number of piperidine rings is 2. The zero-order chi connectivity index (χ0) is 19.7. The Bertz CT molecular complexity index is 794. The summed E-state index contributed by atoms with van der Waals surface area (Å²) in [5.41, 5.74) is 1.30. The highest BCUT2D eigenvalue weighted by atomic mass is 16.2. The highest BCUT2D eigenvalue weighted by molar-refractivity contribution is 5.87. The maximum absolute atomic E-state index is 12.5. The van der Waals surface area contributed by atoms with Gasteiger partial charge in [-0.15, -0.1) is 0 Å². The molecule has 2 atom stereocenters. The Morgan fingerprint density at radius 2 is 2.00 bits per heavy atom. The van der Waals surface area contributed by atoms with Crippen molar-refractivity contribution in [1.82, 2.24) is 19.3 Å². The van der Waals surface area contributed by atoms with Gasteiger partial charge in [-0.25, -0.2) is 0 Å². The van der Waals surface area contributed by atoms with Crippen LogP contribution >= 0.6 is 0 Å². The van der Waals surface area contributed by atoms with Crippen molar-refractivity contribution in [2.24, 2.45) is 5.92 Å². The van der Waals surface area contributed by atoms with Gasteiger partial charge in [-0.3, -0.25) is 14.5 Å². The summed E-state index contributed by atoms with van der Waals surface area (Å²) in [5.74, 6) is 1.06. The van der Waals surface area contributed by atoms with Crippen LogP contribution in [0.25, 0.3) is 0 Å². The van der Waals surface area contributed by atoms with Gasteiger partial charge in [-0.1, -0.05) is 12.1 Å².